The van der Waals surface area contributed by atoms with Crippen LogP contribution in [0.2, 0.25) is 0 Å². The second-order valence-electron chi connectivity index (χ2n) is 8.02. The van der Waals surface area contributed by atoms with Crippen molar-refractivity contribution in [2.75, 3.05) is 0 Å². The summed E-state index contributed by atoms with van der Waals surface area (Å²) in [7, 11) is 0. The van der Waals surface area contributed by atoms with E-state index >= 15 is 0 Å². The lowest BCUT2D eigenvalue weighted by molar-refractivity contribution is -0.126. The SMILES string of the molecule is Cc1cnc(/C=C/C(=O)NC2CC3(C2)CC(NC(=O)Cn2c(=O)[nH][nH]c2=O)C3)[nH]1. The smallest absolute Gasteiger partial charge is 0.344 e. The minimum atomic E-state index is -0.635. The van der Waals surface area contributed by atoms with Crippen LogP contribution >= 0.6 is 0 Å². The third-order valence-electron chi connectivity index (χ3n) is 5.61. The molecular formula is C18H23N7O4. The summed E-state index contributed by atoms with van der Waals surface area (Å²) in [5.41, 5.74) is -0.169. The van der Waals surface area contributed by atoms with Gasteiger partial charge in [0.05, 0.1) is 0 Å². The van der Waals surface area contributed by atoms with E-state index in [4.69, 9.17) is 0 Å². The van der Waals surface area contributed by atoms with Crippen LogP contribution in [0.4, 0.5) is 0 Å². The second-order valence-corrected chi connectivity index (χ2v) is 8.02. The lowest BCUT2D eigenvalue weighted by atomic mass is 9.52. The van der Waals surface area contributed by atoms with E-state index in [0.29, 0.717) is 5.82 Å². The van der Waals surface area contributed by atoms with Gasteiger partial charge in [-0.25, -0.2) is 29.3 Å². The summed E-state index contributed by atoms with van der Waals surface area (Å²) in [4.78, 5) is 54.0. The summed E-state index contributed by atoms with van der Waals surface area (Å²) in [6.07, 6.45) is 8.26. The quantitative estimate of drug-likeness (QED) is 0.399. The maximum absolute atomic E-state index is 12.0. The molecule has 0 atom stereocenters. The van der Waals surface area contributed by atoms with E-state index in [1.165, 1.54) is 6.08 Å². The van der Waals surface area contributed by atoms with E-state index in [1.54, 1.807) is 12.3 Å². The van der Waals surface area contributed by atoms with Crippen molar-refractivity contribution in [2.45, 2.75) is 51.2 Å². The maximum atomic E-state index is 12.0. The van der Waals surface area contributed by atoms with Gasteiger partial charge in [-0.2, -0.15) is 0 Å². The highest BCUT2D eigenvalue weighted by Gasteiger charge is 2.53. The number of nitrogens with zero attached hydrogens (tertiary/aromatic N) is 2. The fourth-order valence-corrected chi connectivity index (χ4v) is 4.32. The van der Waals surface area contributed by atoms with Crippen LogP contribution < -0.4 is 22.0 Å². The molecule has 11 nitrogen and oxygen atoms in total. The predicted molar refractivity (Wildman–Crippen MR) is 103 cm³/mol. The summed E-state index contributed by atoms with van der Waals surface area (Å²) >= 11 is 0. The molecule has 0 aromatic carbocycles. The van der Waals surface area contributed by atoms with Crippen molar-refractivity contribution in [2.24, 2.45) is 5.41 Å². The number of hydrogen-bond acceptors (Lipinski definition) is 5. The Morgan fingerprint density at radius 1 is 1.17 bits per heavy atom. The molecule has 2 fully saturated rings. The Kier molecular flexibility index (Phi) is 4.73. The van der Waals surface area contributed by atoms with Crippen molar-refractivity contribution >= 4 is 17.9 Å². The zero-order valence-corrected chi connectivity index (χ0v) is 15.9. The number of carbonyl (C=O) groups is 2. The fourth-order valence-electron chi connectivity index (χ4n) is 4.32. The molecule has 154 valence electrons. The van der Waals surface area contributed by atoms with Gasteiger partial charge in [-0.05, 0) is 44.1 Å². The zero-order valence-electron chi connectivity index (χ0n) is 15.9. The first-order valence-corrected chi connectivity index (χ1v) is 9.49. The predicted octanol–water partition coefficient (Wildman–Crippen LogP) is -0.847. The molecule has 2 aromatic rings. The number of hydrogen-bond donors (Lipinski definition) is 5. The second kappa shape index (κ2) is 7.22. The molecule has 2 saturated carbocycles. The van der Waals surface area contributed by atoms with Gasteiger partial charge in [0.2, 0.25) is 11.8 Å². The standard InChI is InChI=1S/C18H23N7O4/c1-10-8-19-13(20-10)2-3-14(26)21-11-4-18(5-11)6-12(7-18)22-15(27)9-25-16(28)23-24-17(25)29/h2-3,8,11-12H,4-7,9H2,1H3,(H,19,20)(H,21,26)(H,22,27)(H,23,28)(H,24,29)/b3-2+. The monoisotopic (exact) mass is 401 g/mol. The zero-order chi connectivity index (χ0) is 20.6. The van der Waals surface area contributed by atoms with Gasteiger partial charge in [-0.3, -0.25) is 9.59 Å². The van der Waals surface area contributed by atoms with E-state index in [1.807, 2.05) is 6.92 Å². The van der Waals surface area contributed by atoms with Crippen LogP contribution in [0.3, 0.4) is 0 Å². The molecule has 0 bridgehead atoms. The van der Waals surface area contributed by atoms with Gasteiger partial charge < -0.3 is 15.6 Å². The molecule has 0 radical (unpaired) electrons. The largest absolute Gasteiger partial charge is 0.352 e. The minimum Gasteiger partial charge on any atom is -0.352 e. The molecule has 5 N–H and O–H groups in total. The summed E-state index contributed by atoms with van der Waals surface area (Å²) in [5, 5.41) is 10.1. The molecule has 1 spiro atoms. The van der Waals surface area contributed by atoms with Crippen molar-refractivity contribution in [3.05, 3.63) is 44.8 Å². The number of H-pyrrole nitrogens is 3. The lowest BCUT2D eigenvalue weighted by Crippen LogP contribution is -2.61. The fraction of sp³-hybridized carbons (Fsp3) is 0.500. The van der Waals surface area contributed by atoms with E-state index in [0.717, 1.165) is 35.9 Å². The summed E-state index contributed by atoms with van der Waals surface area (Å²) in [6.45, 7) is 1.59. The molecule has 29 heavy (non-hydrogen) atoms. The summed E-state index contributed by atoms with van der Waals surface area (Å²) in [6, 6.07) is 0.175. The van der Waals surface area contributed by atoms with Crippen LogP contribution in [0.5, 0.6) is 0 Å². The van der Waals surface area contributed by atoms with Crippen molar-refractivity contribution in [1.29, 1.82) is 0 Å². The molecule has 4 rings (SSSR count). The number of nitrogens with one attached hydrogen (secondary N) is 5. The molecule has 11 heteroatoms. The molecule has 2 aliphatic carbocycles. The molecule has 0 saturated heterocycles. The van der Waals surface area contributed by atoms with Gasteiger partial charge in [0.25, 0.3) is 0 Å². The first-order chi connectivity index (χ1) is 13.8. The van der Waals surface area contributed by atoms with Crippen LogP contribution in [0.25, 0.3) is 6.08 Å². The Morgan fingerprint density at radius 3 is 2.38 bits per heavy atom. The van der Waals surface area contributed by atoms with Gasteiger partial charge in [-0.15, -0.1) is 0 Å². The highest BCUT2D eigenvalue weighted by atomic mass is 16.2. The Morgan fingerprint density at radius 2 is 1.79 bits per heavy atom. The summed E-state index contributed by atoms with van der Waals surface area (Å²) in [5.74, 6) is 0.133. The molecule has 2 heterocycles. The number of aryl methyl sites for hydroxylation is 1. The van der Waals surface area contributed by atoms with Crippen LogP contribution in [0.15, 0.2) is 21.9 Å². The van der Waals surface area contributed by atoms with E-state index in [2.05, 4.69) is 30.8 Å². The third kappa shape index (κ3) is 4.08. The first kappa shape index (κ1) is 19.0. The number of carbonyl (C=O) groups excluding carboxylic acids is 2. The Bertz CT molecular complexity index is 1030. The minimum absolute atomic E-state index is 0.0370. The highest BCUT2D eigenvalue weighted by molar-refractivity contribution is 5.91. The average Bonchev–Trinajstić information content (AvgIpc) is 3.16. The number of rotatable bonds is 6. The van der Waals surface area contributed by atoms with Crippen molar-refractivity contribution < 1.29 is 9.59 Å². The van der Waals surface area contributed by atoms with Crippen molar-refractivity contribution in [3.8, 4) is 0 Å². The number of aromatic amines is 3. The number of imidazole rings is 1. The molecule has 2 aromatic heterocycles. The number of amides is 2. The molecule has 0 aliphatic heterocycles. The Labute approximate surface area is 165 Å². The van der Waals surface area contributed by atoms with Gasteiger partial charge in [0.15, 0.2) is 0 Å². The lowest BCUT2D eigenvalue weighted by Gasteiger charge is -2.57. The maximum Gasteiger partial charge on any atom is 0.344 e. The number of aromatic nitrogens is 5. The van der Waals surface area contributed by atoms with Crippen LogP contribution in [-0.2, 0) is 16.1 Å². The van der Waals surface area contributed by atoms with Crippen LogP contribution in [0, 0.1) is 12.3 Å². The van der Waals surface area contributed by atoms with Crippen molar-refractivity contribution in [3.63, 3.8) is 0 Å². The van der Waals surface area contributed by atoms with Crippen molar-refractivity contribution in [1.82, 2.24) is 35.4 Å². The molecule has 2 amide bonds. The third-order valence-corrected chi connectivity index (χ3v) is 5.61. The van der Waals surface area contributed by atoms with Gasteiger partial charge in [-0.1, -0.05) is 0 Å². The molecule has 2 aliphatic rings. The highest BCUT2D eigenvalue weighted by Crippen LogP contribution is 2.55. The van der Waals surface area contributed by atoms with E-state index in [-0.39, 0.29) is 35.9 Å². The van der Waals surface area contributed by atoms with E-state index < -0.39 is 11.4 Å². The van der Waals surface area contributed by atoms with Gasteiger partial charge >= 0.3 is 11.4 Å². The van der Waals surface area contributed by atoms with Gasteiger partial charge in [0.1, 0.15) is 12.4 Å². The summed E-state index contributed by atoms with van der Waals surface area (Å²) < 4.78 is 0.816. The average molecular weight is 401 g/mol. The topological polar surface area (TPSA) is 158 Å². The van der Waals surface area contributed by atoms with Gasteiger partial charge in [0, 0.05) is 30.1 Å². The first-order valence-electron chi connectivity index (χ1n) is 9.49. The van der Waals surface area contributed by atoms with Crippen LogP contribution in [-0.4, -0.2) is 48.6 Å². The molecule has 0 unspecified atom stereocenters. The molecular weight excluding hydrogens is 378 g/mol. The Balaban J connectivity index is 1.17. The Hall–Kier alpha value is -3.37. The van der Waals surface area contributed by atoms with Crippen LogP contribution in [0.1, 0.15) is 37.2 Å². The van der Waals surface area contributed by atoms with E-state index in [9.17, 15) is 19.2 Å². The normalized spacial score (nSPS) is 25.6.